The van der Waals surface area contributed by atoms with Crippen molar-refractivity contribution in [3.63, 3.8) is 0 Å². The molecule has 0 saturated carbocycles. The standard InChI is InChI=1S/C15H21N3O3/c1-19-13-7-11-12(8-14(13)20-2)18(15(16)17-11)5-3-10-4-6-21-9-10/h7-8,10H,3-6,9H2,1-2H3,(H2,16,17). The van der Waals surface area contributed by atoms with E-state index in [2.05, 4.69) is 4.98 Å². The first-order valence-corrected chi connectivity index (χ1v) is 7.18. The normalized spacial score (nSPS) is 18.3. The van der Waals surface area contributed by atoms with E-state index in [1.165, 1.54) is 0 Å². The molecule has 2 N–H and O–H groups in total. The maximum Gasteiger partial charge on any atom is 0.201 e. The van der Waals surface area contributed by atoms with Gasteiger partial charge in [0.15, 0.2) is 11.5 Å². The summed E-state index contributed by atoms with van der Waals surface area (Å²) in [6, 6.07) is 3.79. The van der Waals surface area contributed by atoms with Crippen LogP contribution in [0.15, 0.2) is 12.1 Å². The van der Waals surface area contributed by atoms with E-state index in [9.17, 15) is 0 Å². The van der Waals surface area contributed by atoms with Crippen molar-refractivity contribution in [3.8, 4) is 11.5 Å². The van der Waals surface area contributed by atoms with E-state index in [1.807, 2.05) is 16.7 Å². The maximum atomic E-state index is 6.06. The fraction of sp³-hybridized carbons (Fsp3) is 0.533. The van der Waals surface area contributed by atoms with Crippen LogP contribution in [0.2, 0.25) is 0 Å². The van der Waals surface area contributed by atoms with E-state index in [0.29, 0.717) is 23.4 Å². The van der Waals surface area contributed by atoms with Crippen molar-refractivity contribution in [3.05, 3.63) is 12.1 Å². The van der Waals surface area contributed by atoms with Gasteiger partial charge in [-0.3, -0.25) is 0 Å². The molecule has 3 rings (SSSR count). The second kappa shape index (κ2) is 5.81. The predicted molar refractivity (Wildman–Crippen MR) is 80.8 cm³/mol. The second-order valence-electron chi connectivity index (χ2n) is 5.34. The highest BCUT2D eigenvalue weighted by Crippen LogP contribution is 2.33. The lowest BCUT2D eigenvalue weighted by Crippen LogP contribution is -2.08. The molecule has 1 aromatic carbocycles. The van der Waals surface area contributed by atoms with Crippen LogP contribution < -0.4 is 15.2 Å². The van der Waals surface area contributed by atoms with Gasteiger partial charge in [0.2, 0.25) is 5.95 Å². The van der Waals surface area contributed by atoms with Crippen molar-refractivity contribution in [2.45, 2.75) is 19.4 Å². The number of fused-ring (bicyclic) bond motifs is 1. The first kappa shape index (κ1) is 14.0. The molecule has 0 radical (unpaired) electrons. The minimum atomic E-state index is 0.527. The summed E-state index contributed by atoms with van der Waals surface area (Å²) in [4.78, 5) is 4.42. The number of nitrogens with two attached hydrogens (primary N) is 1. The van der Waals surface area contributed by atoms with E-state index in [1.54, 1.807) is 14.2 Å². The average molecular weight is 291 g/mol. The molecule has 1 fully saturated rings. The molecule has 1 unspecified atom stereocenters. The molecule has 1 saturated heterocycles. The van der Waals surface area contributed by atoms with Gasteiger partial charge in [-0.15, -0.1) is 0 Å². The Hall–Kier alpha value is -1.95. The molecule has 0 spiro atoms. The van der Waals surface area contributed by atoms with Crippen LogP contribution in [-0.4, -0.2) is 37.0 Å². The first-order valence-electron chi connectivity index (χ1n) is 7.18. The molecular weight excluding hydrogens is 270 g/mol. The Labute approximate surface area is 123 Å². The molecule has 1 aliphatic heterocycles. The Morgan fingerprint density at radius 2 is 2.10 bits per heavy atom. The van der Waals surface area contributed by atoms with Gasteiger partial charge in [-0.1, -0.05) is 0 Å². The highest BCUT2D eigenvalue weighted by Gasteiger charge is 2.18. The van der Waals surface area contributed by atoms with Gasteiger partial charge in [-0.2, -0.15) is 0 Å². The molecule has 0 amide bonds. The van der Waals surface area contributed by atoms with E-state index in [-0.39, 0.29) is 0 Å². The van der Waals surface area contributed by atoms with Crippen molar-refractivity contribution in [1.29, 1.82) is 0 Å². The monoisotopic (exact) mass is 291 g/mol. The van der Waals surface area contributed by atoms with E-state index >= 15 is 0 Å². The van der Waals surface area contributed by atoms with Gasteiger partial charge >= 0.3 is 0 Å². The number of aromatic nitrogens is 2. The number of methoxy groups -OCH3 is 2. The summed E-state index contributed by atoms with van der Waals surface area (Å²) in [6.45, 7) is 2.56. The Bertz CT molecular complexity index is 633. The average Bonchev–Trinajstić information content (AvgIpc) is 3.10. The van der Waals surface area contributed by atoms with Gasteiger partial charge in [-0.25, -0.2) is 4.98 Å². The topological polar surface area (TPSA) is 71.5 Å². The van der Waals surface area contributed by atoms with Gasteiger partial charge in [0, 0.05) is 31.9 Å². The molecule has 0 aliphatic carbocycles. The molecular formula is C15H21N3O3. The van der Waals surface area contributed by atoms with Crippen LogP contribution in [0.4, 0.5) is 5.95 Å². The fourth-order valence-corrected chi connectivity index (χ4v) is 2.83. The maximum absolute atomic E-state index is 6.06. The van der Waals surface area contributed by atoms with Gasteiger partial charge in [-0.05, 0) is 18.8 Å². The molecule has 1 aromatic heterocycles. The van der Waals surface area contributed by atoms with Crippen molar-refractivity contribution in [2.75, 3.05) is 33.2 Å². The van der Waals surface area contributed by atoms with Crippen molar-refractivity contribution in [1.82, 2.24) is 9.55 Å². The third-order valence-corrected chi connectivity index (χ3v) is 4.07. The predicted octanol–water partition coefficient (Wildman–Crippen LogP) is 2.06. The number of nitrogens with zero attached hydrogens (tertiary/aromatic N) is 2. The SMILES string of the molecule is COc1cc2nc(N)n(CCC3CCOC3)c2cc1OC. The highest BCUT2D eigenvalue weighted by atomic mass is 16.5. The number of imidazole rings is 1. The Morgan fingerprint density at radius 3 is 2.76 bits per heavy atom. The summed E-state index contributed by atoms with van der Waals surface area (Å²) in [6.07, 6.45) is 2.17. The van der Waals surface area contributed by atoms with Crippen molar-refractivity contribution >= 4 is 17.0 Å². The first-order chi connectivity index (χ1) is 10.2. The summed E-state index contributed by atoms with van der Waals surface area (Å²) < 4.78 is 18.1. The van der Waals surface area contributed by atoms with Crippen LogP contribution in [0, 0.1) is 5.92 Å². The Morgan fingerprint density at radius 1 is 1.33 bits per heavy atom. The van der Waals surface area contributed by atoms with E-state index in [0.717, 1.165) is 43.6 Å². The lowest BCUT2D eigenvalue weighted by atomic mass is 10.1. The summed E-state index contributed by atoms with van der Waals surface area (Å²) >= 11 is 0. The number of ether oxygens (including phenoxy) is 3. The Balaban J connectivity index is 1.91. The van der Waals surface area contributed by atoms with Crippen molar-refractivity contribution in [2.24, 2.45) is 5.92 Å². The summed E-state index contributed by atoms with van der Waals surface area (Å²) in [5.41, 5.74) is 7.86. The van der Waals surface area contributed by atoms with E-state index < -0.39 is 0 Å². The molecule has 2 heterocycles. The van der Waals surface area contributed by atoms with Crippen molar-refractivity contribution < 1.29 is 14.2 Å². The fourth-order valence-electron chi connectivity index (χ4n) is 2.83. The molecule has 2 aromatic rings. The van der Waals surface area contributed by atoms with Gasteiger partial charge < -0.3 is 24.5 Å². The summed E-state index contributed by atoms with van der Waals surface area (Å²) in [7, 11) is 3.24. The van der Waals surface area contributed by atoms with E-state index in [4.69, 9.17) is 19.9 Å². The van der Waals surface area contributed by atoms with Crippen LogP contribution in [0.5, 0.6) is 11.5 Å². The number of hydrogen-bond donors (Lipinski definition) is 1. The number of rotatable bonds is 5. The molecule has 6 heteroatoms. The molecule has 1 atom stereocenters. The number of benzene rings is 1. The number of anilines is 1. The smallest absolute Gasteiger partial charge is 0.201 e. The third kappa shape index (κ3) is 2.63. The summed E-state index contributed by atoms with van der Waals surface area (Å²) in [5, 5.41) is 0. The number of hydrogen-bond acceptors (Lipinski definition) is 5. The van der Waals surface area contributed by atoms with Gasteiger partial charge in [0.05, 0.1) is 25.3 Å². The van der Waals surface area contributed by atoms with Gasteiger partial charge in [0.25, 0.3) is 0 Å². The van der Waals surface area contributed by atoms with Gasteiger partial charge in [0.1, 0.15) is 0 Å². The lowest BCUT2D eigenvalue weighted by Gasteiger charge is -2.11. The lowest BCUT2D eigenvalue weighted by molar-refractivity contribution is 0.183. The minimum absolute atomic E-state index is 0.527. The van der Waals surface area contributed by atoms with Crippen LogP contribution in [0.3, 0.4) is 0 Å². The molecule has 114 valence electrons. The molecule has 1 aliphatic rings. The van der Waals surface area contributed by atoms with Crippen LogP contribution in [0.25, 0.3) is 11.0 Å². The zero-order valence-corrected chi connectivity index (χ0v) is 12.5. The van der Waals surface area contributed by atoms with Crippen LogP contribution in [-0.2, 0) is 11.3 Å². The molecule has 6 nitrogen and oxygen atoms in total. The second-order valence-corrected chi connectivity index (χ2v) is 5.34. The third-order valence-electron chi connectivity index (χ3n) is 4.07. The Kier molecular flexibility index (Phi) is 3.88. The highest BCUT2D eigenvalue weighted by molar-refractivity contribution is 5.82. The quantitative estimate of drug-likeness (QED) is 0.913. The number of nitrogen functional groups attached to an aromatic ring is 1. The van der Waals surface area contributed by atoms with Crippen LogP contribution >= 0.6 is 0 Å². The molecule has 21 heavy (non-hydrogen) atoms. The largest absolute Gasteiger partial charge is 0.493 e. The minimum Gasteiger partial charge on any atom is -0.493 e. The number of aryl methyl sites for hydroxylation is 1. The zero-order valence-electron chi connectivity index (χ0n) is 12.5. The zero-order chi connectivity index (χ0) is 14.8. The summed E-state index contributed by atoms with van der Waals surface area (Å²) in [5.74, 6) is 2.50. The van der Waals surface area contributed by atoms with Crippen LogP contribution in [0.1, 0.15) is 12.8 Å². The molecule has 0 bridgehead atoms.